The van der Waals surface area contributed by atoms with Crippen LogP contribution in [0.4, 0.5) is 10.7 Å². The Morgan fingerprint density at radius 3 is 2.61 bits per heavy atom. The van der Waals surface area contributed by atoms with Gasteiger partial charge < -0.3 is 14.6 Å². The molecule has 0 aliphatic carbocycles. The van der Waals surface area contributed by atoms with Gasteiger partial charge in [0.25, 0.3) is 11.8 Å². The van der Waals surface area contributed by atoms with Gasteiger partial charge in [-0.2, -0.15) is 0 Å². The van der Waals surface area contributed by atoms with Gasteiger partial charge in [-0.1, -0.05) is 17.7 Å². The van der Waals surface area contributed by atoms with Crippen molar-refractivity contribution in [2.45, 2.75) is 13.5 Å². The van der Waals surface area contributed by atoms with E-state index in [1.54, 1.807) is 53.6 Å². The van der Waals surface area contributed by atoms with Crippen molar-refractivity contribution in [1.82, 2.24) is 4.98 Å². The molecule has 1 aromatic carbocycles. The van der Waals surface area contributed by atoms with E-state index in [-0.39, 0.29) is 17.6 Å². The number of thiophene rings is 1. The molecule has 1 N–H and O–H groups in total. The van der Waals surface area contributed by atoms with E-state index in [4.69, 9.17) is 16.0 Å². The van der Waals surface area contributed by atoms with E-state index in [9.17, 15) is 9.59 Å². The van der Waals surface area contributed by atoms with Gasteiger partial charge in [0.05, 0.1) is 28.4 Å². The van der Waals surface area contributed by atoms with Gasteiger partial charge in [0.1, 0.15) is 0 Å². The second-order valence-corrected chi connectivity index (χ2v) is 8.23. The van der Waals surface area contributed by atoms with Crippen LogP contribution in [-0.4, -0.2) is 16.8 Å². The van der Waals surface area contributed by atoms with E-state index in [0.29, 0.717) is 27.1 Å². The second kappa shape index (κ2) is 9.16. The van der Waals surface area contributed by atoms with Gasteiger partial charge >= 0.3 is 0 Å². The van der Waals surface area contributed by atoms with Crippen LogP contribution in [0.1, 0.15) is 31.5 Å². The van der Waals surface area contributed by atoms with E-state index in [1.807, 2.05) is 25.1 Å². The number of pyridine rings is 1. The lowest BCUT2D eigenvalue weighted by atomic mass is 10.2. The van der Waals surface area contributed by atoms with Gasteiger partial charge in [-0.05, 0) is 67.1 Å². The molecule has 0 saturated heterocycles. The smallest absolute Gasteiger partial charge is 0.291 e. The first-order valence-corrected chi connectivity index (χ1v) is 10.6. The molecule has 0 bridgehead atoms. The van der Waals surface area contributed by atoms with Crippen molar-refractivity contribution in [1.29, 1.82) is 0 Å². The Labute approximate surface area is 188 Å². The first-order chi connectivity index (χ1) is 15.0. The normalized spacial score (nSPS) is 10.6. The lowest BCUT2D eigenvalue weighted by Gasteiger charge is -2.22. The number of nitrogens with one attached hydrogen (secondary N) is 1. The Bertz CT molecular complexity index is 1190. The fraction of sp³-hybridized carbons (Fsp3) is 0.0870. The van der Waals surface area contributed by atoms with E-state index in [1.165, 1.54) is 17.6 Å². The molecule has 0 aliphatic heterocycles. The van der Waals surface area contributed by atoms with Crippen LogP contribution in [0.5, 0.6) is 0 Å². The van der Waals surface area contributed by atoms with Crippen molar-refractivity contribution in [3.05, 3.63) is 100 Å². The Balaban J connectivity index is 1.62. The Morgan fingerprint density at radius 2 is 1.94 bits per heavy atom. The molecule has 8 heteroatoms. The third-order valence-electron chi connectivity index (χ3n) is 4.52. The summed E-state index contributed by atoms with van der Waals surface area (Å²) in [7, 11) is 0. The first kappa shape index (κ1) is 20.8. The van der Waals surface area contributed by atoms with Crippen LogP contribution < -0.4 is 10.2 Å². The molecule has 0 saturated carbocycles. The summed E-state index contributed by atoms with van der Waals surface area (Å²) in [6.45, 7) is 2.14. The highest BCUT2D eigenvalue weighted by molar-refractivity contribution is 7.18. The molecule has 2 amide bonds. The summed E-state index contributed by atoms with van der Waals surface area (Å²) in [6, 6.07) is 17.7. The Hall–Kier alpha value is -3.42. The van der Waals surface area contributed by atoms with Crippen molar-refractivity contribution >= 4 is 45.4 Å². The van der Waals surface area contributed by atoms with Crippen molar-refractivity contribution in [3.63, 3.8) is 0 Å². The number of furan rings is 1. The zero-order chi connectivity index (χ0) is 21.8. The van der Waals surface area contributed by atoms with Crippen molar-refractivity contribution in [3.8, 4) is 0 Å². The molecule has 4 aromatic rings. The number of anilines is 2. The number of nitrogens with zero attached hydrogens (tertiary/aromatic N) is 2. The monoisotopic (exact) mass is 451 g/mol. The van der Waals surface area contributed by atoms with Crippen LogP contribution in [0.25, 0.3) is 0 Å². The maximum absolute atomic E-state index is 13.5. The number of hydrogen-bond donors (Lipinski definition) is 1. The van der Waals surface area contributed by atoms with Crippen LogP contribution in [0.2, 0.25) is 5.02 Å². The molecule has 3 aromatic heterocycles. The zero-order valence-electron chi connectivity index (χ0n) is 16.5. The summed E-state index contributed by atoms with van der Waals surface area (Å²) in [4.78, 5) is 32.3. The molecule has 4 rings (SSSR count). The third kappa shape index (κ3) is 4.84. The molecular formula is C23H18ClN3O3S. The van der Waals surface area contributed by atoms with Gasteiger partial charge in [-0.15, -0.1) is 11.3 Å². The van der Waals surface area contributed by atoms with Crippen LogP contribution in [0.15, 0.2) is 77.5 Å². The summed E-state index contributed by atoms with van der Waals surface area (Å²) in [5.74, 6) is -0.348. The van der Waals surface area contributed by atoms with E-state index in [2.05, 4.69) is 10.3 Å². The van der Waals surface area contributed by atoms with Crippen LogP contribution >= 0.6 is 22.9 Å². The molecule has 156 valence electrons. The Kier molecular flexibility index (Phi) is 6.16. The minimum absolute atomic E-state index is 0.186. The number of rotatable bonds is 6. The number of amides is 2. The summed E-state index contributed by atoms with van der Waals surface area (Å²) in [6.07, 6.45) is 3.13. The van der Waals surface area contributed by atoms with E-state index < -0.39 is 0 Å². The maximum atomic E-state index is 13.5. The average molecular weight is 452 g/mol. The van der Waals surface area contributed by atoms with Crippen LogP contribution in [0, 0.1) is 6.92 Å². The summed E-state index contributed by atoms with van der Waals surface area (Å²) < 4.78 is 5.12. The average Bonchev–Trinajstić information content (AvgIpc) is 3.43. The quantitative estimate of drug-likeness (QED) is 0.402. The highest BCUT2D eigenvalue weighted by atomic mass is 35.5. The van der Waals surface area contributed by atoms with Crippen molar-refractivity contribution in [2.24, 2.45) is 0 Å². The molecule has 0 spiro atoms. The van der Waals surface area contributed by atoms with Crippen molar-refractivity contribution < 1.29 is 14.0 Å². The van der Waals surface area contributed by atoms with Gasteiger partial charge in [0.2, 0.25) is 0 Å². The molecule has 6 nitrogen and oxygen atoms in total. The molecule has 31 heavy (non-hydrogen) atoms. The largest absolute Gasteiger partial charge is 0.459 e. The molecular weight excluding hydrogens is 434 g/mol. The van der Waals surface area contributed by atoms with Gasteiger partial charge in [0, 0.05) is 16.9 Å². The number of benzene rings is 1. The van der Waals surface area contributed by atoms with Crippen LogP contribution in [-0.2, 0) is 6.54 Å². The van der Waals surface area contributed by atoms with E-state index in [0.717, 1.165) is 11.3 Å². The van der Waals surface area contributed by atoms with Crippen LogP contribution in [0.3, 0.4) is 0 Å². The SMILES string of the molecule is Cc1cc(NC(=O)c2ccco2)sc1C(=O)N(Cc1ccccn1)c1ccc(Cl)cc1. The Morgan fingerprint density at radius 1 is 1.13 bits per heavy atom. The fourth-order valence-electron chi connectivity index (χ4n) is 3.01. The predicted octanol–water partition coefficient (Wildman–Crippen LogP) is 5.80. The third-order valence-corrected chi connectivity index (χ3v) is 5.92. The highest BCUT2D eigenvalue weighted by Crippen LogP contribution is 2.31. The molecule has 0 fully saturated rings. The minimum atomic E-state index is -0.367. The number of aryl methyl sites for hydroxylation is 1. The number of halogens is 1. The molecule has 0 radical (unpaired) electrons. The van der Waals surface area contributed by atoms with Gasteiger partial charge in [-0.3, -0.25) is 14.6 Å². The summed E-state index contributed by atoms with van der Waals surface area (Å²) in [5.41, 5.74) is 2.23. The predicted molar refractivity (Wildman–Crippen MR) is 122 cm³/mol. The number of hydrogen-bond acceptors (Lipinski definition) is 5. The van der Waals surface area contributed by atoms with Gasteiger partial charge in [-0.25, -0.2) is 0 Å². The fourth-order valence-corrected chi connectivity index (χ4v) is 4.16. The maximum Gasteiger partial charge on any atom is 0.291 e. The second-order valence-electron chi connectivity index (χ2n) is 6.74. The molecule has 0 unspecified atom stereocenters. The minimum Gasteiger partial charge on any atom is -0.459 e. The van der Waals surface area contributed by atoms with Crippen molar-refractivity contribution in [2.75, 3.05) is 10.2 Å². The lowest BCUT2D eigenvalue weighted by Crippen LogP contribution is -2.30. The first-order valence-electron chi connectivity index (χ1n) is 9.44. The summed E-state index contributed by atoms with van der Waals surface area (Å²) >= 11 is 7.25. The highest BCUT2D eigenvalue weighted by Gasteiger charge is 2.23. The molecule has 3 heterocycles. The lowest BCUT2D eigenvalue weighted by molar-refractivity contribution is 0.0983. The number of carbonyl (C=O) groups excluding carboxylic acids is 2. The molecule has 0 atom stereocenters. The number of aromatic nitrogens is 1. The van der Waals surface area contributed by atoms with E-state index >= 15 is 0 Å². The number of carbonyl (C=O) groups is 2. The zero-order valence-corrected chi connectivity index (χ0v) is 18.1. The van der Waals surface area contributed by atoms with Gasteiger partial charge in [0.15, 0.2) is 5.76 Å². The molecule has 0 aliphatic rings. The summed E-state index contributed by atoms with van der Waals surface area (Å²) in [5, 5.41) is 3.93. The topological polar surface area (TPSA) is 75.4 Å². The standard InChI is InChI=1S/C23H18ClN3O3S/c1-15-13-20(26-22(28)19-6-4-12-30-19)31-21(15)23(29)27(14-17-5-2-3-11-25-17)18-9-7-16(24)8-10-18/h2-13H,14H2,1H3,(H,26,28).